The SMILES string of the molecule is COc1ccc(F)cc1S(=O)(=O)NC(C)C(=O)NCc1ccc2c(c1)OCO2. The van der Waals surface area contributed by atoms with Crippen LogP contribution in [0.25, 0.3) is 0 Å². The number of hydrogen-bond donors (Lipinski definition) is 2. The van der Waals surface area contributed by atoms with Crippen LogP contribution in [0.5, 0.6) is 17.2 Å². The number of benzene rings is 2. The first-order chi connectivity index (χ1) is 13.3. The minimum absolute atomic E-state index is 0.0260. The molecule has 0 saturated heterocycles. The topological polar surface area (TPSA) is 103 Å². The Balaban J connectivity index is 1.64. The molecule has 8 nitrogen and oxygen atoms in total. The second-order valence-electron chi connectivity index (χ2n) is 6.04. The highest BCUT2D eigenvalue weighted by atomic mass is 32.2. The number of rotatable bonds is 7. The summed E-state index contributed by atoms with van der Waals surface area (Å²) in [4.78, 5) is 11.9. The van der Waals surface area contributed by atoms with Crippen LogP contribution in [0.1, 0.15) is 12.5 Å². The smallest absolute Gasteiger partial charge is 0.245 e. The second kappa shape index (κ2) is 8.03. The minimum Gasteiger partial charge on any atom is -0.495 e. The van der Waals surface area contributed by atoms with E-state index in [4.69, 9.17) is 14.2 Å². The fourth-order valence-corrected chi connectivity index (χ4v) is 3.99. The van der Waals surface area contributed by atoms with Gasteiger partial charge in [-0.15, -0.1) is 0 Å². The van der Waals surface area contributed by atoms with Crippen LogP contribution in [0.2, 0.25) is 0 Å². The molecule has 1 unspecified atom stereocenters. The van der Waals surface area contributed by atoms with Crippen molar-refractivity contribution in [3.8, 4) is 17.2 Å². The summed E-state index contributed by atoms with van der Waals surface area (Å²) in [6.07, 6.45) is 0. The molecule has 0 aromatic heterocycles. The van der Waals surface area contributed by atoms with Gasteiger partial charge in [0.1, 0.15) is 16.5 Å². The average molecular weight is 410 g/mol. The van der Waals surface area contributed by atoms with Gasteiger partial charge in [-0.1, -0.05) is 6.07 Å². The second-order valence-corrected chi connectivity index (χ2v) is 7.73. The molecule has 1 amide bonds. The molecule has 0 aliphatic carbocycles. The molecule has 1 aliphatic heterocycles. The molecule has 0 spiro atoms. The third kappa shape index (κ3) is 4.34. The molecular weight excluding hydrogens is 391 g/mol. The first kappa shape index (κ1) is 19.9. The zero-order chi connectivity index (χ0) is 20.3. The molecule has 1 aliphatic rings. The zero-order valence-electron chi connectivity index (χ0n) is 15.2. The summed E-state index contributed by atoms with van der Waals surface area (Å²) in [5, 5.41) is 2.64. The van der Waals surface area contributed by atoms with Gasteiger partial charge in [0, 0.05) is 6.54 Å². The quantitative estimate of drug-likeness (QED) is 0.718. The molecule has 0 radical (unpaired) electrons. The van der Waals surface area contributed by atoms with Gasteiger partial charge in [-0.25, -0.2) is 12.8 Å². The molecule has 28 heavy (non-hydrogen) atoms. The number of carbonyl (C=O) groups excluding carboxylic acids is 1. The van der Waals surface area contributed by atoms with Crippen molar-refractivity contribution < 1.29 is 31.8 Å². The molecular formula is C18H19FN2O6S. The van der Waals surface area contributed by atoms with Crippen molar-refractivity contribution in [2.24, 2.45) is 0 Å². The molecule has 0 bridgehead atoms. The maximum absolute atomic E-state index is 13.5. The van der Waals surface area contributed by atoms with Crippen molar-refractivity contribution in [2.75, 3.05) is 13.9 Å². The van der Waals surface area contributed by atoms with E-state index in [1.807, 2.05) is 0 Å². The highest BCUT2D eigenvalue weighted by Crippen LogP contribution is 2.32. The van der Waals surface area contributed by atoms with E-state index in [1.54, 1.807) is 18.2 Å². The van der Waals surface area contributed by atoms with E-state index in [9.17, 15) is 17.6 Å². The number of hydrogen-bond acceptors (Lipinski definition) is 6. The Morgan fingerprint density at radius 2 is 1.96 bits per heavy atom. The van der Waals surface area contributed by atoms with Gasteiger partial charge in [0.2, 0.25) is 22.7 Å². The molecule has 2 aromatic carbocycles. The van der Waals surface area contributed by atoms with E-state index in [0.717, 1.165) is 17.7 Å². The third-order valence-electron chi connectivity index (χ3n) is 4.04. The van der Waals surface area contributed by atoms with E-state index < -0.39 is 27.8 Å². The molecule has 1 heterocycles. The van der Waals surface area contributed by atoms with E-state index in [0.29, 0.717) is 11.5 Å². The standard InChI is InChI=1S/C18H19FN2O6S/c1-11(21-28(23,24)17-8-13(19)4-6-15(17)25-2)18(22)20-9-12-3-5-14-16(7-12)27-10-26-14/h3-8,11,21H,9-10H2,1-2H3,(H,20,22). The maximum atomic E-state index is 13.5. The van der Waals surface area contributed by atoms with Gasteiger partial charge in [-0.3, -0.25) is 4.79 Å². The van der Waals surface area contributed by atoms with Crippen LogP contribution in [0.4, 0.5) is 4.39 Å². The Hall–Kier alpha value is -2.85. The lowest BCUT2D eigenvalue weighted by Gasteiger charge is -2.16. The molecule has 2 N–H and O–H groups in total. The van der Waals surface area contributed by atoms with Crippen LogP contribution < -0.4 is 24.2 Å². The average Bonchev–Trinajstić information content (AvgIpc) is 3.13. The summed E-state index contributed by atoms with van der Waals surface area (Å²) in [6, 6.07) is 7.25. The first-order valence-electron chi connectivity index (χ1n) is 8.32. The van der Waals surface area contributed by atoms with Gasteiger partial charge in [0.05, 0.1) is 13.2 Å². The fourth-order valence-electron chi connectivity index (χ4n) is 2.60. The van der Waals surface area contributed by atoms with Crippen molar-refractivity contribution >= 4 is 15.9 Å². The number of ether oxygens (including phenoxy) is 3. The van der Waals surface area contributed by atoms with E-state index in [-0.39, 0.29) is 24.0 Å². The monoisotopic (exact) mass is 410 g/mol. The van der Waals surface area contributed by atoms with Crippen molar-refractivity contribution in [2.45, 2.75) is 24.4 Å². The fraction of sp³-hybridized carbons (Fsp3) is 0.278. The van der Waals surface area contributed by atoms with Crippen LogP contribution in [-0.4, -0.2) is 34.3 Å². The van der Waals surface area contributed by atoms with Gasteiger partial charge >= 0.3 is 0 Å². The summed E-state index contributed by atoms with van der Waals surface area (Å²) in [6.45, 7) is 1.70. The first-order valence-corrected chi connectivity index (χ1v) is 9.80. The van der Waals surface area contributed by atoms with Gasteiger partial charge in [0.25, 0.3) is 0 Å². The lowest BCUT2D eigenvalue weighted by molar-refractivity contribution is -0.122. The Morgan fingerprint density at radius 3 is 2.71 bits per heavy atom. The molecule has 2 aromatic rings. The van der Waals surface area contributed by atoms with E-state index >= 15 is 0 Å². The molecule has 0 saturated carbocycles. The Kier molecular flexibility index (Phi) is 5.71. The molecule has 1 atom stereocenters. The van der Waals surface area contributed by atoms with Crippen LogP contribution in [0.15, 0.2) is 41.3 Å². The minimum atomic E-state index is -4.17. The largest absolute Gasteiger partial charge is 0.495 e. The summed E-state index contributed by atoms with van der Waals surface area (Å²) in [7, 11) is -2.90. The van der Waals surface area contributed by atoms with Crippen molar-refractivity contribution in [3.63, 3.8) is 0 Å². The molecule has 10 heteroatoms. The van der Waals surface area contributed by atoms with Gasteiger partial charge in [-0.2, -0.15) is 4.72 Å². The molecule has 3 rings (SSSR count). The van der Waals surface area contributed by atoms with Gasteiger partial charge in [0.15, 0.2) is 11.5 Å². The lowest BCUT2D eigenvalue weighted by Crippen LogP contribution is -2.44. The maximum Gasteiger partial charge on any atom is 0.245 e. The number of methoxy groups -OCH3 is 1. The summed E-state index contributed by atoms with van der Waals surface area (Å²) in [5.41, 5.74) is 0.763. The van der Waals surface area contributed by atoms with Crippen LogP contribution in [-0.2, 0) is 21.4 Å². The Labute approximate surface area is 161 Å². The number of fused-ring (bicyclic) bond motifs is 1. The summed E-state index contributed by atoms with van der Waals surface area (Å²) < 4.78 is 56.2. The highest BCUT2D eigenvalue weighted by Gasteiger charge is 2.25. The van der Waals surface area contributed by atoms with Crippen LogP contribution >= 0.6 is 0 Å². The predicted molar refractivity (Wildman–Crippen MR) is 97.1 cm³/mol. The van der Waals surface area contributed by atoms with Gasteiger partial charge < -0.3 is 19.5 Å². The van der Waals surface area contributed by atoms with E-state index in [1.165, 1.54) is 20.1 Å². The van der Waals surface area contributed by atoms with Crippen molar-refractivity contribution in [3.05, 3.63) is 47.8 Å². The van der Waals surface area contributed by atoms with Gasteiger partial charge in [-0.05, 0) is 42.8 Å². The predicted octanol–water partition coefficient (Wildman–Crippen LogP) is 1.55. The lowest BCUT2D eigenvalue weighted by atomic mass is 10.2. The Morgan fingerprint density at radius 1 is 1.21 bits per heavy atom. The highest BCUT2D eigenvalue weighted by molar-refractivity contribution is 7.89. The molecule has 0 fully saturated rings. The normalized spacial score (nSPS) is 13.8. The number of carbonyl (C=O) groups is 1. The number of nitrogens with one attached hydrogen (secondary N) is 2. The summed E-state index contributed by atoms with van der Waals surface area (Å²) >= 11 is 0. The number of amides is 1. The number of halogens is 1. The third-order valence-corrected chi connectivity index (χ3v) is 5.61. The van der Waals surface area contributed by atoms with Crippen LogP contribution in [0, 0.1) is 5.82 Å². The Bertz CT molecular complexity index is 996. The number of sulfonamides is 1. The zero-order valence-corrected chi connectivity index (χ0v) is 16.0. The molecule has 150 valence electrons. The van der Waals surface area contributed by atoms with Crippen LogP contribution in [0.3, 0.4) is 0 Å². The summed E-state index contributed by atoms with van der Waals surface area (Å²) in [5.74, 6) is -0.0986. The van der Waals surface area contributed by atoms with E-state index in [2.05, 4.69) is 10.0 Å². The van der Waals surface area contributed by atoms with Crippen molar-refractivity contribution in [1.29, 1.82) is 0 Å². The van der Waals surface area contributed by atoms with Crippen molar-refractivity contribution in [1.82, 2.24) is 10.0 Å².